The molecule has 1 aromatic rings. The van der Waals surface area contributed by atoms with Crippen LogP contribution in [-0.4, -0.2) is 12.9 Å². The van der Waals surface area contributed by atoms with E-state index < -0.39 is 6.36 Å². The van der Waals surface area contributed by atoms with Crippen molar-refractivity contribution in [3.05, 3.63) is 28.2 Å². The van der Waals surface area contributed by atoms with Crippen molar-refractivity contribution < 1.29 is 17.9 Å². The number of hydrogen-bond donors (Lipinski definition) is 1. The van der Waals surface area contributed by atoms with Gasteiger partial charge >= 0.3 is 6.36 Å². The molecule has 2 nitrogen and oxygen atoms in total. The average molecular weight is 352 g/mol. The number of ether oxygens (including phenoxy) is 1. The van der Waals surface area contributed by atoms with Crippen LogP contribution in [0.25, 0.3) is 0 Å². The number of alkyl halides is 3. The second-order valence-electron chi connectivity index (χ2n) is 5.83. The maximum Gasteiger partial charge on any atom is 0.573 e. The van der Waals surface area contributed by atoms with Gasteiger partial charge in [-0.25, -0.2) is 0 Å². The topological polar surface area (TPSA) is 21.3 Å². The molecule has 0 spiro atoms. The van der Waals surface area contributed by atoms with Gasteiger partial charge in [0.05, 0.1) is 4.47 Å². The molecule has 6 heteroatoms. The van der Waals surface area contributed by atoms with Gasteiger partial charge in [0.2, 0.25) is 0 Å². The van der Waals surface area contributed by atoms with Gasteiger partial charge in [-0.1, -0.05) is 19.9 Å². The first-order valence-corrected chi connectivity index (χ1v) is 7.21. The van der Waals surface area contributed by atoms with Crippen molar-refractivity contribution in [2.24, 2.45) is 11.3 Å². The van der Waals surface area contributed by atoms with Crippen molar-refractivity contribution in [3.8, 4) is 5.75 Å². The van der Waals surface area contributed by atoms with Gasteiger partial charge in [-0.15, -0.1) is 13.2 Å². The number of benzene rings is 1. The maximum absolute atomic E-state index is 12.1. The van der Waals surface area contributed by atoms with Crippen molar-refractivity contribution in [2.75, 3.05) is 6.54 Å². The Kier molecular flexibility index (Phi) is 4.35. The zero-order valence-corrected chi connectivity index (χ0v) is 12.9. The van der Waals surface area contributed by atoms with Crippen LogP contribution in [0.3, 0.4) is 0 Å². The van der Waals surface area contributed by atoms with Crippen molar-refractivity contribution in [1.29, 1.82) is 0 Å². The quantitative estimate of drug-likeness (QED) is 0.844. The number of nitrogens with one attached hydrogen (secondary N) is 1. The third-order valence-electron chi connectivity index (χ3n) is 3.66. The Bertz CT molecular complexity index is 488. The Morgan fingerprint density at radius 3 is 2.55 bits per heavy atom. The fraction of sp³-hybridized carbons (Fsp3) is 0.571. The highest BCUT2D eigenvalue weighted by molar-refractivity contribution is 9.10. The Labute approximate surface area is 124 Å². The number of rotatable bonds is 5. The van der Waals surface area contributed by atoms with Crippen LogP contribution in [0.1, 0.15) is 25.8 Å². The van der Waals surface area contributed by atoms with Crippen LogP contribution in [0.4, 0.5) is 13.2 Å². The molecule has 1 N–H and O–H groups in total. The molecule has 2 rings (SSSR count). The van der Waals surface area contributed by atoms with Crippen molar-refractivity contribution >= 4 is 15.9 Å². The van der Waals surface area contributed by atoms with E-state index in [1.807, 2.05) is 0 Å². The molecule has 20 heavy (non-hydrogen) atoms. The highest BCUT2D eigenvalue weighted by atomic mass is 79.9. The van der Waals surface area contributed by atoms with E-state index in [1.54, 1.807) is 12.1 Å². The van der Waals surface area contributed by atoms with Gasteiger partial charge in [0.1, 0.15) is 5.75 Å². The van der Waals surface area contributed by atoms with Crippen molar-refractivity contribution in [1.82, 2.24) is 5.32 Å². The van der Waals surface area contributed by atoms with Crippen LogP contribution in [0.5, 0.6) is 5.75 Å². The fourth-order valence-electron chi connectivity index (χ4n) is 2.18. The van der Waals surface area contributed by atoms with E-state index in [9.17, 15) is 13.2 Å². The number of halogens is 4. The summed E-state index contributed by atoms with van der Waals surface area (Å²) in [5.74, 6) is 0.475. The van der Waals surface area contributed by atoms with Gasteiger partial charge in [-0.3, -0.25) is 0 Å². The molecular weight excluding hydrogens is 335 g/mol. The first-order valence-electron chi connectivity index (χ1n) is 6.42. The molecular formula is C14H17BrF3NO. The molecule has 0 radical (unpaired) electrons. The van der Waals surface area contributed by atoms with Crippen LogP contribution in [-0.2, 0) is 6.54 Å². The molecule has 1 atom stereocenters. The minimum atomic E-state index is -4.67. The van der Waals surface area contributed by atoms with Crippen LogP contribution < -0.4 is 10.1 Å². The molecule has 1 saturated carbocycles. The van der Waals surface area contributed by atoms with Gasteiger partial charge in [0.25, 0.3) is 0 Å². The van der Waals surface area contributed by atoms with Gasteiger partial charge in [-0.2, -0.15) is 0 Å². The van der Waals surface area contributed by atoms with E-state index in [0.717, 1.165) is 12.1 Å². The molecule has 112 valence electrons. The average Bonchev–Trinajstić information content (AvgIpc) is 2.89. The summed E-state index contributed by atoms with van der Waals surface area (Å²) in [7, 11) is 0. The second kappa shape index (κ2) is 5.56. The molecule has 0 aromatic heterocycles. The van der Waals surface area contributed by atoms with E-state index >= 15 is 0 Å². The standard InChI is InChI=1S/C14H17BrF3NO/c1-13(2)6-10(13)8-19-7-9-3-4-12(11(15)5-9)20-14(16,17)18/h3-5,10,19H,6-8H2,1-2H3. The minimum absolute atomic E-state index is 0.218. The monoisotopic (exact) mass is 351 g/mol. The van der Waals surface area contributed by atoms with Crippen molar-refractivity contribution in [2.45, 2.75) is 33.2 Å². The molecule has 0 aliphatic heterocycles. The molecule has 1 unspecified atom stereocenters. The second-order valence-corrected chi connectivity index (χ2v) is 6.69. The van der Waals surface area contributed by atoms with Gasteiger partial charge in [0, 0.05) is 6.54 Å². The Balaban J connectivity index is 1.86. The zero-order valence-electron chi connectivity index (χ0n) is 11.4. The van der Waals surface area contributed by atoms with E-state index in [-0.39, 0.29) is 5.75 Å². The van der Waals surface area contributed by atoms with Crippen LogP contribution in [0.15, 0.2) is 22.7 Å². The summed E-state index contributed by atoms with van der Waals surface area (Å²) in [6.45, 7) is 6.04. The van der Waals surface area contributed by atoms with E-state index in [0.29, 0.717) is 22.4 Å². The SMILES string of the molecule is CC1(C)CC1CNCc1ccc(OC(F)(F)F)c(Br)c1. The van der Waals surface area contributed by atoms with Crippen LogP contribution >= 0.6 is 15.9 Å². The van der Waals surface area contributed by atoms with Gasteiger partial charge < -0.3 is 10.1 Å². The molecule has 0 heterocycles. The van der Waals surface area contributed by atoms with E-state index in [4.69, 9.17) is 0 Å². The summed E-state index contributed by atoms with van der Waals surface area (Å²) in [5, 5.41) is 3.33. The van der Waals surface area contributed by atoms with Gasteiger partial charge in [-0.05, 0) is 57.9 Å². The summed E-state index contributed by atoms with van der Waals surface area (Å²) < 4.78 is 40.6. The predicted molar refractivity (Wildman–Crippen MR) is 74.4 cm³/mol. The van der Waals surface area contributed by atoms with Crippen LogP contribution in [0.2, 0.25) is 0 Å². The predicted octanol–water partition coefficient (Wildman–Crippen LogP) is 4.48. The Morgan fingerprint density at radius 2 is 2.05 bits per heavy atom. The highest BCUT2D eigenvalue weighted by Crippen LogP contribution is 2.51. The smallest absolute Gasteiger partial charge is 0.405 e. The van der Waals surface area contributed by atoms with Crippen molar-refractivity contribution in [3.63, 3.8) is 0 Å². The first-order chi connectivity index (χ1) is 9.17. The molecule has 1 fully saturated rings. The largest absolute Gasteiger partial charge is 0.573 e. The lowest BCUT2D eigenvalue weighted by molar-refractivity contribution is -0.274. The Morgan fingerprint density at radius 1 is 1.40 bits per heavy atom. The molecule has 1 aliphatic carbocycles. The molecule has 1 aliphatic rings. The van der Waals surface area contributed by atoms with E-state index in [1.165, 1.54) is 12.5 Å². The molecule has 0 amide bonds. The third-order valence-corrected chi connectivity index (χ3v) is 4.28. The summed E-state index contributed by atoms with van der Waals surface area (Å²) in [6.07, 6.45) is -3.44. The maximum atomic E-state index is 12.1. The summed E-state index contributed by atoms with van der Waals surface area (Å²) in [5.41, 5.74) is 1.35. The molecule has 0 saturated heterocycles. The lowest BCUT2D eigenvalue weighted by atomic mass is 10.1. The normalized spacial score (nSPS) is 20.8. The highest BCUT2D eigenvalue weighted by Gasteiger charge is 2.44. The summed E-state index contributed by atoms with van der Waals surface area (Å²) >= 11 is 3.10. The first kappa shape index (κ1) is 15.6. The lowest BCUT2D eigenvalue weighted by Gasteiger charge is -2.12. The van der Waals surface area contributed by atoms with Crippen LogP contribution in [0, 0.1) is 11.3 Å². The summed E-state index contributed by atoms with van der Waals surface area (Å²) in [6, 6.07) is 4.61. The van der Waals surface area contributed by atoms with E-state index in [2.05, 4.69) is 39.8 Å². The Hall–Kier alpha value is -0.750. The zero-order chi connectivity index (χ0) is 15.0. The lowest BCUT2D eigenvalue weighted by Crippen LogP contribution is -2.19. The third kappa shape index (κ3) is 4.38. The minimum Gasteiger partial charge on any atom is -0.405 e. The number of hydrogen-bond acceptors (Lipinski definition) is 2. The molecule has 0 bridgehead atoms. The molecule has 1 aromatic carbocycles. The fourth-order valence-corrected chi connectivity index (χ4v) is 2.68. The van der Waals surface area contributed by atoms with Gasteiger partial charge in [0.15, 0.2) is 0 Å². The summed E-state index contributed by atoms with van der Waals surface area (Å²) in [4.78, 5) is 0.